The number of carbonyl (C=O) groups is 2. The van der Waals surface area contributed by atoms with Crippen molar-refractivity contribution in [2.45, 2.75) is 71.1 Å². The van der Waals surface area contributed by atoms with Crippen LogP contribution >= 0.6 is 0 Å². The first-order valence-corrected chi connectivity index (χ1v) is 9.88. The number of nitrogens with zero attached hydrogens (tertiary/aromatic N) is 1. The molecule has 1 heterocycles. The Balaban J connectivity index is 1.99. The highest BCUT2D eigenvalue weighted by molar-refractivity contribution is 6.22. The highest BCUT2D eigenvalue weighted by Gasteiger charge is 2.54. The monoisotopic (exact) mass is 371 g/mol. The second-order valence-electron chi connectivity index (χ2n) is 7.65. The van der Waals surface area contributed by atoms with Crippen molar-refractivity contribution in [1.29, 1.82) is 0 Å². The van der Waals surface area contributed by atoms with Gasteiger partial charge in [0.05, 0.1) is 6.61 Å². The lowest BCUT2D eigenvalue weighted by Crippen LogP contribution is -2.55. The lowest BCUT2D eigenvalue weighted by Gasteiger charge is -2.42. The number of hydrogen-bond donors (Lipinski definition) is 1. The van der Waals surface area contributed by atoms with Crippen LogP contribution in [0.4, 0.5) is 0 Å². The van der Waals surface area contributed by atoms with Crippen molar-refractivity contribution in [3.63, 3.8) is 0 Å². The lowest BCUT2D eigenvalue weighted by atomic mass is 9.90. The maximum absolute atomic E-state index is 13.2. The van der Waals surface area contributed by atoms with Crippen LogP contribution < -0.4 is 0 Å². The Morgan fingerprint density at radius 1 is 1.19 bits per heavy atom. The third kappa shape index (κ3) is 3.65. The maximum Gasteiger partial charge on any atom is 0.343 e. The van der Waals surface area contributed by atoms with Crippen molar-refractivity contribution in [2.75, 3.05) is 6.61 Å². The summed E-state index contributed by atoms with van der Waals surface area (Å²) in [5.74, 6) is -1.18. The van der Waals surface area contributed by atoms with Gasteiger partial charge in [0.25, 0.3) is 0 Å². The number of ketones is 1. The third-order valence-electron chi connectivity index (χ3n) is 5.70. The van der Waals surface area contributed by atoms with E-state index in [0.29, 0.717) is 5.70 Å². The number of carbonyl (C=O) groups excluding carboxylic acids is 2. The number of aryl methyl sites for hydroxylation is 1. The van der Waals surface area contributed by atoms with Gasteiger partial charge in [-0.15, -0.1) is 0 Å². The molecule has 0 spiro atoms. The van der Waals surface area contributed by atoms with E-state index in [1.165, 1.54) is 6.42 Å². The zero-order chi connectivity index (χ0) is 19.6. The molecule has 1 atom stereocenters. The van der Waals surface area contributed by atoms with Crippen LogP contribution in [0.25, 0.3) is 0 Å². The predicted molar refractivity (Wildman–Crippen MR) is 103 cm³/mol. The molecule has 0 saturated heterocycles. The van der Waals surface area contributed by atoms with Crippen LogP contribution in [0.1, 0.15) is 57.1 Å². The zero-order valence-corrected chi connectivity index (χ0v) is 16.5. The van der Waals surface area contributed by atoms with Crippen LogP contribution in [0, 0.1) is 6.92 Å². The second kappa shape index (κ2) is 7.85. The van der Waals surface area contributed by atoms with E-state index < -0.39 is 17.5 Å². The summed E-state index contributed by atoms with van der Waals surface area (Å²) in [6.45, 7) is 5.66. The number of benzene rings is 1. The zero-order valence-electron chi connectivity index (χ0n) is 16.5. The Morgan fingerprint density at radius 2 is 1.81 bits per heavy atom. The molecule has 1 aliphatic heterocycles. The molecular weight excluding hydrogens is 342 g/mol. The van der Waals surface area contributed by atoms with Gasteiger partial charge in [-0.3, -0.25) is 4.79 Å². The Hall–Kier alpha value is -2.14. The number of esters is 1. The van der Waals surface area contributed by atoms with Gasteiger partial charge in [-0.2, -0.15) is 0 Å². The molecule has 1 fully saturated rings. The largest absolute Gasteiger partial charge is 0.462 e. The van der Waals surface area contributed by atoms with Crippen LogP contribution in [-0.2, 0) is 20.7 Å². The van der Waals surface area contributed by atoms with Crippen LogP contribution in [0.3, 0.4) is 0 Å². The molecule has 0 aromatic heterocycles. The first kappa shape index (κ1) is 19.6. The fourth-order valence-electron chi connectivity index (χ4n) is 4.39. The van der Waals surface area contributed by atoms with Crippen LogP contribution in [-0.4, -0.2) is 40.1 Å². The normalized spacial score (nSPS) is 23.9. The van der Waals surface area contributed by atoms with Gasteiger partial charge in [0.2, 0.25) is 11.5 Å². The molecule has 1 aromatic rings. The van der Waals surface area contributed by atoms with Gasteiger partial charge in [-0.25, -0.2) is 4.79 Å². The standard InChI is InChI=1S/C22H29NO4/c1-4-27-21(25)19-16(3)23(18-8-6-5-7-9-18)22(26,20(19)24)14-17-12-10-15(2)11-13-17/h10-13,18,26H,4-9,14H2,1-3H3. The summed E-state index contributed by atoms with van der Waals surface area (Å²) >= 11 is 0. The minimum Gasteiger partial charge on any atom is -0.462 e. The fourth-order valence-corrected chi connectivity index (χ4v) is 4.39. The number of aliphatic hydroxyl groups is 1. The topological polar surface area (TPSA) is 66.8 Å². The molecule has 1 saturated carbocycles. The van der Waals surface area contributed by atoms with Gasteiger partial charge >= 0.3 is 5.97 Å². The molecule has 146 valence electrons. The Kier molecular flexibility index (Phi) is 5.70. The summed E-state index contributed by atoms with van der Waals surface area (Å²) in [6.07, 6.45) is 5.29. The number of ether oxygens (including phenoxy) is 1. The van der Waals surface area contributed by atoms with Crippen molar-refractivity contribution in [1.82, 2.24) is 4.90 Å². The van der Waals surface area contributed by atoms with Gasteiger partial charge < -0.3 is 14.7 Å². The Morgan fingerprint density at radius 3 is 2.41 bits per heavy atom. The van der Waals surface area contributed by atoms with E-state index in [0.717, 1.165) is 36.8 Å². The third-order valence-corrected chi connectivity index (χ3v) is 5.70. The number of hydrogen-bond acceptors (Lipinski definition) is 5. The summed E-state index contributed by atoms with van der Waals surface area (Å²) in [5.41, 5.74) is 0.796. The smallest absolute Gasteiger partial charge is 0.343 e. The molecule has 1 unspecified atom stereocenters. The molecule has 1 aliphatic carbocycles. The molecule has 0 bridgehead atoms. The minimum absolute atomic E-state index is 0.00275. The van der Waals surface area contributed by atoms with E-state index in [1.54, 1.807) is 18.7 Å². The van der Waals surface area contributed by atoms with E-state index in [2.05, 4.69) is 0 Å². The SMILES string of the molecule is CCOC(=O)C1=C(C)N(C2CCCCC2)C(O)(Cc2ccc(C)cc2)C1=O. The Bertz CT molecular complexity index is 746. The van der Waals surface area contributed by atoms with Crippen LogP contribution in [0.15, 0.2) is 35.5 Å². The van der Waals surface area contributed by atoms with Crippen molar-refractivity contribution >= 4 is 11.8 Å². The molecule has 27 heavy (non-hydrogen) atoms. The average molecular weight is 371 g/mol. The van der Waals surface area contributed by atoms with Crippen molar-refractivity contribution in [3.8, 4) is 0 Å². The molecule has 5 heteroatoms. The molecule has 0 radical (unpaired) electrons. The van der Waals surface area contributed by atoms with Crippen molar-refractivity contribution in [2.24, 2.45) is 0 Å². The lowest BCUT2D eigenvalue weighted by molar-refractivity contribution is -0.154. The summed E-state index contributed by atoms with van der Waals surface area (Å²) < 4.78 is 5.11. The second-order valence-corrected chi connectivity index (χ2v) is 7.65. The van der Waals surface area contributed by atoms with Gasteiger partial charge in [0.15, 0.2) is 0 Å². The number of Topliss-reactive ketones (excluding diaryl/α,β-unsaturated/α-hetero) is 1. The molecule has 0 amide bonds. The highest BCUT2D eigenvalue weighted by Crippen LogP contribution is 2.40. The summed E-state index contributed by atoms with van der Waals surface area (Å²) in [5, 5.41) is 11.6. The van der Waals surface area contributed by atoms with E-state index in [9.17, 15) is 14.7 Å². The van der Waals surface area contributed by atoms with Crippen LogP contribution in [0.5, 0.6) is 0 Å². The van der Waals surface area contributed by atoms with Gasteiger partial charge in [-0.05, 0) is 39.2 Å². The van der Waals surface area contributed by atoms with Gasteiger partial charge in [0.1, 0.15) is 5.57 Å². The van der Waals surface area contributed by atoms with E-state index in [4.69, 9.17) is 4.74 Å². The number of rotatable bonds is 5. The molecule has 5 nitrogen and oxygen atoms in total. The number of allylic oxidation sites excluding steroid dienone is 1. The van der Waals surface area contributed by atoms with Crippen LogP contribution in [0.2, 0.25) is 0 Å². The highest BCUT2D eigenvalue weighted by atomic mass is 16.5. The fraction of sp³-hybridized carbons (Fsp3) is 0.545. The van der Waals surface area contributed by atoms with E-state index in [1.807, 2.05) is 31.2 Å². The molecule has 1 N–H and O–H groups in total. The average Bonchev–Trinajstić information content (AvgIpc) is 2.84. The first-order valence-electron chi connectivity index (χ1n) is 9.88. The molecule has 1 aromatic carbocycles. The Labute approximate surface area is 161 Å². The summed E-state index contributed by atoms with van der Waals surface area (Å²) in [7, 11) is 0. The molecule has 2 aliphatic rings. The molecular formula is C22H29NO4. The molecule has 3 rings (SSSR count). The summed E-state index contributed by atoms with van der Waals surface area (Å²) in [6, 6.07) is 7.85. The summed E-state index contributed by atoms with van der Waals surface area (Å²) in [4.78, 5) is 27.5. The quantitative estimate of drug-likeness (QED) is 0.635. The maximum atomic E-state index is 13.2. The van der Waals surface area contributed by atoms with E-state index in [-0.39, 0.29) is 24.6 Å². The van der Waals surface area contributed by atoms with Gasteiger partial charge in [-0.1, -0.05) is 49.1 Å². The van der Waals surface area contributed by atoms with Crippen molar-refractivity contribution in [3.05, 3.63) is 46.7 Å². The minimum atomic E-state index is -1.73. The first-order chi connectivity index (χ1) is 12.9. The van der Waals surface area contributed by atoms with Crippen molar-refractivity contribution < 1.29 is 19.4 Å². The predicted octanol–water partition coefficient (Wildman–Crippen LogP) is 3.28. The van der Waals surface area contributed by atoms with E-state index >= 15 is 0 Å². The van der Waals surface area contributed by atoms with Gasteiger partial charge in [0, 0.05) is 18.2 Å².